The summed E-state index contributed by atoms with van der Waals surface area (Å²) in [6, 6.07) is 0.698. The van der Waals surface area contributed by atoms with Crippen LogP contribution in [0.5, 0.6) is 0 Å². The lowest BCUT2D eigenvalue weighted by atomic mass is 10.2. The lowest BCUT2D eigenvalue weighted by Gasteiger charge is -2.22. The van der Waals surface area contributed by atoms with Crippen LogP contribution in [-0.2, 0) is 0 Å². The predicted octanol–water partition coefficient (Wildman–Crippen LogP) is 1.28. The van der Waals surface area contributed by atoms with Crippen LogP contribution < -0.4 is 0 Å². The third kappa shape index (κ3) is 5.22. The third-order valence-electron chi connectivity index (χ3n) is 2.35. The molecule has 0 spiro atoms. The second kappa shape index (κ2) is 5.56. The molecule has 0 fully saturated rings. The molecule has 0 heterocycles. The molecule has 0 radical (unpaired) electrons. The van der Waals surface area contributed by atoms with E-state index >= 15 is 0 Å². The summed E-state index contributed by atoms with van der Waals surface area (Å²) in [5.41, 5.74) is 0. The molecule has 0 amide bonds. The van der Waals surface area contributed by atoms with Crippen LogP contribution in [0.4, 0.5) is 0 Å². The van der Waals surface area contributed by atoms with E-state index in [4.69, 9.17) is 0 Å². The molecule has 1 atom stereocenters. The van der Waals surface area contributed by atoms with Gasteiger partial charge in [0.2, 0.25) is 0 Å². The summed E-state index contributed by atoms with van der Waals surface area (Å²) < 4.78 is 0. The monoisotopic (exact) mass is 158 g/mol. The highest BCUT2D eigenvalue weighted by Crippen LogP contribution is 1.98. The molecule has 0 aliphatic carbocycles. The summed E-state index contributed by atoms with van der Waals surface area (Å²) in [5, 5.41) is 0. The van der Waals surface area contributed by atoms with Crippen molar-refractivity contribution in [2.45, 2.75) is 26.3 Å². The van der Waals surface area contributed by atoms with E-state index in [1.54, 1.807) is 0 Å². The first-order valence-electron chi connectivity index (χ1n) is 4.43. The molecule has 2 nitrogen and oxygen atoms in total. The summed E-state index contributed by atoms with van der Waals surface area (Å²) in [5.74, 6) is 0. The minimum atomic E-state index is 0.698. The van der Waals surface area contributed by atoms with Crippen LogP contribution in [0.3, 0.4) is 0 Å². The van der Waals surface area contributed by atoms with Crippen molar-refractivity contribution in [1.82, 2.24) is 9.80 Å². The smallest absolute Gasteiger partial charge is 0.00730 e. The maximum Gasteiger partial charge on any atom is 0.00730 e. The van der Waals surface area contributed by atoms with Gasteiger partial charge in [-0.3, -0.25) is 0 Å². The van der Waals surface area contributed by atoms with Crippen LogP contribution in [0.2, 0.25) is 0 Å². The normalized spacial score (nSPS) is 14.5. The van der Waals surface area contributed by atoms with Gasteiger partial charge in [-0.05, 0) is 47.6 Å². The van der Waals surface area contributed by atoms with E-state index in [0.717, 1.165) is 6.54 Å². The van der Waals surface area contributed by atoms with E-state index in [-0.39, 0.29) is 0 Å². The van der Waals surface area contributed by atoms with Gasteiger partial charge in [-0.15, -0.1) is 0 Å². The zero-order valence-electron chi connectivity index (χ0n) is 8.59. The summed E-state index contributed by atoms with van der Waals surface area (Å²) in [6.07, 6.45) is 1.26. The van der Waals surface area contributed by atoms with E-state index in [1.165, 1.54) is 13.0 Å². The van der Waals surface area contributed by atoms with Crippen molar-refractivity contribution in [1.29, 1.82) is 0 Å². The van der Waals surface area contributed by atoms with Crippen molar-refractivity contribution >= 4 is 0 Å². The Morgan fingerprint density at radius 1 is 1.18 bits per heavy atom. The van der Waals surface area contributed by atoms with Crippen molar-refractivity contribution in [2.75, 3.05) is 34.2 Å². The fraction of sp³-hybridized carbons (Fsp3) is 1.00. The minimum absolute atomic E-state index is 0.698. The molecule has 0 aromatic heterocycles. The lowest BCUT2D eigenvalue weighted by molar-refractivity contribution is 0.254. The molecule has 0 saturated heterocycles. The molecular weight excluding hydrogens is 136 g/mol. The zero-order valence-corrected chi connectivity index (χ0v) is 8.59. The van der Waals surface area contributed by atoms with E-state index in [0.29, 0.717) is 6.04 Å². The molecule has 1 unspecified atom stereocenters. The van der Waals surface area contributed by atoms with Gasteiger partial charge in [0.25, 0.3) is 0 Å². The Hall–Kier alpha value is -0.0800. The maximum atomic E-state index is 2.35. The quantitative estimate of drug-likeness (QED) is 0.594. The van der Waals surface area contributed by atoms with Gasteiger partial charge in [-0.2, -0.15) is 0 Å². The number of rotatable bonds is 5. The van der Waals surface area contributed by atoms with Crippen molar-refractivity contribution in [3.63, 3.8) is 0 Å². The summed E-state index contributed by atoms with van der Waals surface area (Å²) in [7, 11) is 6.44. The highest BCUT2D eigenvalue weighted by Gasteiger charge is 2.04. The molecule has 68 valence electrons. The van der Waals surface area contributed by atoms with Gasteiger partial charge in [-0.25, -0.2) is 0 Å². The second-order valence-corrected chi connectivity index (χ2v) is 3.50. The summed E-state index contributed by atoms with van der Waals surface area (Å²) in [6.45, 7) is 6.82. The van der Waals surface area contributed by atoms with E-state index in [1.807, 2.05) is 0 Å². The SMILES string of the molecule is CCN(C)CCC(C)N(C)C. The molecule has 0 aliphatic heterocycles. The first kappa shape index (κ1) is 10.9. The van der Waals surface area contributed by atoms with Crippen molar-refractivity contribution in [3.05, 3.63) is 0 Å². The molecule has 0 N–H and O–H groups in total. The average molecular weight is 158 g/mol. The van der Waals surface area contributed by atoms with Crippen LogP contribution in [-0.4, -0.2) is 50.1 Å². The minimum Gasteiger partial charge on any atom is -0.307 e. The fourth-order valence-electron chi connectivity index (χ4n) is 0.824. The van der Waals surface area contributed by atoms with Gasteiger partial charge in [0, 0.05) is 6.04 Å². The molecule has 0 aromatic carbocycles. The van der Waals surface area contributed by atoms with E-state index in [2.05, 4.69) is 44.8 Å². The highest BCUT2D eigenvalue weighted by atomic mass is 15.1. The Morgan fingerprint density at radius 2 is 1.73 bits per heavy atom. The van der Waals surface area contributed by atoms with Crippen LogP contribution >= 0.6 is 0 Å². The Labute approximate surface area is 71.2 Å². The molecule has 0 aromatic rings. The van der Waals surface area contributed by atoms with Gasteiger partial charge in [0.05, 0.1) is 0 Å². The van der Waals surface area contributed by atoms with Crippen molar-refractivity contribution in [3.8, 4) is 0 Å². The van der Waals surface area contributed by atoms with Crippen LogP contribution in [0.25, 0.3) is 0 Å². The Kier molecular flexibility index (Phi) is 5.51. The standard InChI is InChI=1S/C9H22N2/c1-6-11(5)8-7-9(2)10(3)4/h9H,6-8H2,1-5H3. The van der Waals surface area contributed by atoms with Crippen LogP contribution in [0, 0.1) is 0 Å². The molecule has 0 rings (SSSR count). The van der Waals surface area contributed by atoms with E-state index in [9.17, 15) is 0 Å². The zero-order chi connectivity index (χ0) is 8.85. The predicted molar refractivity (Wildman–Crippen MR) is 50.9 cm³/mol. The fourth-order valence-corrected chi connectivity index (χ4v) is 0.824. The average Bonchev–Trinajstić information content (AvgIpc) is 1.99. The molecular formula is C9H22N2. The second-order valence-electron chi connectivity index (χ2n) is 3.50. The van der Waals surface area contributed by atoms with Crippen LogP contribution in [0.1, 0.15) is 20.3 Å². The molecule has 2 heteroatoms. The molecule has 0 bridgehead atoms. The first-order chi connectivity index (χ1) is 5.07. The Morgan fingerprint density at radius 3 is 2.09 bits per heavy atom. The van der Waals surface area contributed by atoms with Gasteiger partial charge in [0.1, 0.15) is 0 Å². The van der Waals surface area contributed by atoms with Crippen molar-refractivity contribution < 1.29 is 0 Å². The molecule has 0 saturated carbocycles. The highest BCUT2D eigenvalue weighted by molar-refractivity contribution is 4.61. The number of hydrogen-bond donors (Lipinski definition) is 0. The largest absolute Gasteiger partial charge is 0.307 e. The topological polar surface area (TPSA) is 6.48 Å². The Bertz CT molecular complexity index is 91.6. The number of nitrogens with zero attached hydrogens (tertiary/aromatic N) is 2. The third-order valence-corrected chi connectivity index (χ3v) is 2.35. The van der Waals surface area contributed by atoms with Crippen molar-refractivity contribution in [2.24, 2.45) is 0 Å². The first-order valence-corrected chi connectivity index (χ1v) is 4.43. The maximum absolute atomic E-state index is 2.35. The van der Waals surface area contributed by atoms with Crippen LogP contribution in [0.15, 0.2) is 0 Å². The molecule has 11 heavy (non-hydrogen) atoms. The van der Waals surface area contributed by atoms with Gasteiger partial charge >= 0.3 is 0 Å². The van der Waals surface area contributed by atoms with E-state index < -0.39 is 0 Å². The number of hydrogen-bond acceptors (Lipinski definition) is 2. The Balaban J connectivity index is 3.37. The van der Waals surface area contributed by atoms with Gasteiger partial charge in [-0.1, -0.05) is 6.92 Å². The summed E-state index contributed by atoms with van der Waals surface area (Å²) in [4.78, 5) is 4.61. The van der Waals surface area contributed by atoms with Gasteiger partial charge in [0.15, 0.2) is 0 Å². The molecule has 0 aliphatic rings. The lowest BCUT2D eigenvalue weighted by Crippen LogP contribution is -2.29. The van der Waals surface area contributed by atoms with Gasteiger partial charge < -0.3 is 9.80 Å². The summed E-state index contributed by atoms with van der Waals surface area (Å²) >= 11 is 0.